The van der Waals surface area contributed by atoms with Crippen LogP contribution in [0.25, 0.3) is 22.3 Å². The third kappa shape index (κ3) is 6.21. The minimum absolute atomic E-state index is 0.119. The molecule has 2 amide bonds. The molecule has 0 atom stereocenters. The van der Waals surface area contributed by atoms with Gasteiger partial charge in [0.25, 0.3) is 5.91 Å². The maximum absolute atomic E-state index is 13.0. The molecule has 0 bridgehead atoms. The van der Waals surface area contributed by atoms with Crippen LogP contribution < -0.4 is 15.4 Å². The number of amides is 2. The van der Waals surface area contributed by atoms with Crippen LogP contribution in [0.5, 0.6) is 5.75 Å². The molecule has 2 N–H and O–H groups in total. The number of carbonyl (C=O) groups is 2. The molecular formula is C27H23F3N4O3. The zero-order chi connectivity index (χ0) is 26.6. The minimum atomic E-state index is -4.55. The van der Waals surface area contributed by atoms with Crippen molar-refractivity contribution >= 4 is 28.5 Å². The maximum atomic E-state index is 13.0. The van der Waals surface area contributed by atoms with E-state index in [4.69, 9.17) is 14.7 Å². The molecule has 3 aromatic carbocycles. The standard InChI is InChI=1S/C27H23F3N4O3/c1-16(35)31-13-12-23-25(17-6-9-21(37-2)10-7-17)34-22-11-8-20(15-24(22)33-23)32-26(36)18-4-3-5-19(14-18)27(28,29)30/h3-11,14-15H,12-13H2,1-2H3,(H,31,35)(H,32,36). The van der Waals surface area contributed by atoms with Crippen LogP contribution in [0.3, 0.4) is 0 Å². The van der Waals surface area contributed by atoms with Gasteiger partial charge in [0.05, 0.1) is 35.1 Å². The minimum Gasteiger partial charge on any atom is -0.497 e. The van der Waals surface area contributed by atoms with E-state index in [0.717, 1.165) is 17.7 Å². The van der Waals surface area contributed by atoms with E-state index < -0.39 is 17.6 Å². The Kier molecular flexibility index (Phi) is 7.37. The fourth-order valence-corrected chi connectivity index (χ4v) is 3.72. The Bertz CT molecular complexity index is 1450. The molecule has 7 nitrogen and oxygen atoms in total. The number of rotatable bonds is 7. The molecule has 10 heteroatoms. The quantitative estimate of drug-likeness (QED) is 0.356. The van der Waals surface area contributed by atoms with Crippen LogP contribution >= 0.6 is 0 Å². The monoisotopic (exact) mass is 508 g/mol. The van der Waals surface area contributed by atoms with Gasteiger partial charge in [0.2, 0.25) is 5.91 Å². The lowest BCUT2D eigenvalue weighted by molar-refractivity contribution is -0.137. The molecule has 0 saturated heterocycles. The van der Waals surface area contributed by atoms with Crippen molar-refractivity contribution in [2.24, 2.45) is 0 Å². The fourth-order valence-electron chi connectivity index (χ4n) is 3.72. The highest BCUT2D eigenvalue weighted by Crippen LogP contribution is 2.30. The molecule has 190 valence electrons. The number of fused-ring (bicyclic) bond motifs is 1. The average molecular weight is 509 g/mol. The third-order valence-corrected chi connectivity index (χ3v) is 5.55. The summed E-state index contributed by atoms with van der Waals surface area (Å²) in [6, 6.07) is 16.4. The van der Waals surface area contributed by atoms with Crippen molar-refractivity contribution in [3.63, 3.8) is 0 Å². The van der Waals surface area contributed by atoms with Gasteiger partial charge >= 0.3 is 6.18 Å². The third-order valence-electron chi connectivity index (χ3n) is 5.55. The summed E-state index contributed by atoms with van der Waals surface area (Å²) in [5.74, 6) is -0.156. The van der Waals surface area contributed by atoms with Crippen LogP contribution in [0.15, 0.2) is 66.7 Å². The summed E-state index contributed by atoms with van der Waals surface area (Å²) < 4.78 is 44.3. The molecule has 37 heavy (non-hydrogen) atoms. The highest BCUT2D eigenvalue weighted by atomic mass is 19.4. The number of nitrogens with one attached hydrogen (secondary N) is 2. The molecule has 0 aliphatic rings. The zero-order valence-corrected chi connectivity index (χ0v) is 20.0. The van der Waals surface area contributed by atoms with E-state index in [1.807, 2.05) is 24.3 Å². The van der Waals surface area contributed by atoms with Gasteiger partial charge in [0.1, 0.15) is 5.75 Å². The lowest BCUT2D eigenvalue weighted by Crippen LogP contribution is -2.23. The summed E-state index contributed by atoms with van der Waals surface area (Å²) in [6.07, 6.45) is -4.14. The van der Waals surface area contributed by atoms with Gasteiger partial charge in [-0.05, 0) is 60.7 Å². The molecular weight excluding hydrogens is 485 g/mol. The number of halogens is 3. The number of aromatic nitrogens is 2. The Morgan fingerprint density at radius 1 is 0.946 bits per heavy atom. The van der Waals surface area contributed by atoms with Crippen molar-refractivity contribution in [3.8, 4) is 17.0 Å². The second-order valence-electron chi connectivity index (χ2n) is 8.22. The zero-order valence-electron chi connectivity index (χ0n) is 20.0. The number of alkyl halides is 3. The number of ether oxygens (including phenoxy) is 1. The van der Waals surface area contributed by atoms with E-state index in [-0.39, 0.29) is 11.5 Å². The Balaban J connectivity index is 1.66. The second-order valence-corrected chi connectivity index (χ2v) is 8.22. The average Bonchev–Trinajstić information content (AvgIpc) is 2.87. The van der Waals surface area contributed by atoms with Crippen molar-refractivity contribution in [2.45, 2.75) is 19.5 Å². The van der Waals surface area contributed by atoms with Crippen LogP contribution in [-0.2, 0) is 17.4 Å². The largest absolute Gasteiger partial charge is 0.497 e. The smallest absolute Gasteiger partial charge is 0.416 e. The van der Waals surface area contributed by atoms with E-state index >= 15 is 0 Å². The molecule has 0 aliphatic carbocycles. The summed E-state index contributed by atoms with van der Waals surface area (Å²) in [5, 5.41) is 5.37. The predicted molar refractivity (Wildman–Crippen MR) is 133 cm³/mol. The van der Waals surface area contributed by atoms with Gasteiger partial charge in [-0.25, -0.2) is 9.97 Å². The fraction of sp³-hybridized carbons (Fsp3) is 0.185. The van der Waals surface area contributed by atoms with Gasteiger partial charge in [-0.1, -0.05) is 6.07 Å². The Morgan fingerprint density at radius 2 is 1.70 bits per heavy atom. The summed E-state index contributed by atoms with van der Waals surface area (Å²) in [6.45, 7) is 1.78. The molecule has 0 aliphatic heterocycles. The van der Waals surface area contributed by atoms with E-state index in [1.165, 1.54) is 19.1 Å². The van der Waals surface area contributed by atoms with Crippen molar-refractivity contribution in [1.29, 1.82) is 0 Å². The number of nitrogens with zero attached hydrogens (tertiary/aromatic N) is 2. The Morgan fingerprint density at radius 3 is 2.38 bits per heavy atom. The Labute approximate surface area is 210 Å². The Hall–Kier alpha value is -4.47. The van der Waals surface area contributed by atoms with E-state index in [1.54, 1.807) is 25.3 Å². The van der Waals surface area contributed by atoms with Gasteiger partial charge in [-0.15, -0.1) is 0 Å². The van der Waals surface area contributed by atoms with Gasteiger partial charge in [0, 0.05) is 36.7 Å². The second kappa shape index (κ2) is 10.7. The lowest BCUT2D eigenvalue weighted by atomic mass is 10.1. The topological polar surface area (TPSA) is 93.2 Å². The van der Waals surface area contributed by atoms with E-state index in [0.29, 0.717) is 46.8 Å². The van der Waals surface area contributed by atoms with E-state index in [2.05, 4.69) is 10.6 Å². The highest BCUT2D eigenvalue weighted by Gasteiger charge is 2.30. The summed E-state index contributed by atoms with van der Waals surface area (Å²) in [7, 11) is 1.58. The molecule has 1 aromatic heterocycles. The molecule has 0 fully saturated rings. The van der Waals surface area contributed by atoms with Gasteiger partial charge < -0.3 is 15.4 Å². The van der Waals surface area contributed by atoms with Crippen LogP contribution in [0.1, 0.15) is 28.5 Å². The lowest BCUT2D eigenvalue weighted by Gasteiger charge is -2.13. The molecule has 0 unspecified atom stereocenters. The van der Waals surface area contributed by atoms with Crippen LogP contribution in [-0.4, -0.2) is 35.4 Å². The first kappa shape index (κ1) is 25.6. The highest BCUT2D eigenvalue weighted by molar-refractivity contribution is 6.05. The molecule has 0 saturated carbocycles. The van der Waals surface area contributed by atoms with Gasteiger partial charge in [-0.3, -0.25) is 9.59 Å². The van der Waals surface area contributed by atoms with Gasteiger partial charge in [0.15, 0.2) is 0 Å². The molecule has 4 rings (SSSR count). The maximum Gasteiger partial charge on any atom is 0.416 e. The van der Waals surface area contributed by atoms with Gasteiger partial charge in [-0.2, -0.15) is 13.2 Å². The number of methoxy groups -OCH3 is 1. The first-order valence-corrected chi connectivity index (χ1v) is 11.3. The number of hydrogen-bond acceptors (Lipinski definition) is 5. The van der Waals surface area contributed by atoms with Crippen molar-refractivity contribution in [1.82, 2.24) is 15.3 Å². The summed E-state index contributed by atoms with van der Waals surface area (Å²) in [5.41, 5.74) is 2.47. The van der Waals surface area contributed by atoms with Crippen LogP contribution in [0.4, 0.5) is 18.9 Å². The first-order valence-electron chi connectivity index (χ1n) is 11.3. The van der Waals surface area contributed by atoms with Crippen LogP contribution in [0.2, 0.25) is 0 Å². The number of anilines is 1. The van der Waals surface area contributed by atoms with Crippen LogP contribution in [0, 0.1) is 0 Å². The molecule has 0 radical (unpaired) electrons. The van der Waals surface area contributed by atoms with Crippen molar-refractivity contribution in [2.75, 3.05) is 19.0 Å². The van der Waals surface area contributed by atoms with Crippen molar-refractivity contribution < 1.29 is 27.5 Å². The van der Waals surface area contributed by atoms with Crippen molar-refractivity contribution in [3.05, 3.63) is 83.6 Å². The summed E-state index contributed by atoms with van der Waals surface area (Å²) >= 11 is 0. The number of benzene rings is 3. The molecule has 1 heterocycles. The first-order chi connectivity index (χ1) is 17.6. The molecule has 4 aromatic rings. The predicted octanol–water partition coefficient (Wildman–Crippen LogP) is 5.26. The van der Waals surface area contributed by atoms with E-state index in [9.17, 15) is 22.8 Å². The number of carbonyl (C=O) groups excluding carboxylic acids is 2. The SMILES string of the molecule is COc1ccc(-c2nc3ccc(NC(=O)c4cccc(C(F)(F)F)c4)cc3nc2CCNC(C)=O)cc1. The number of hydrogen-bond donors (Lipinski definition) is 2. The molecule has 0 spiro atoms. The normalized spacial score (nSPS) is 11.3. The summed E-state index contributed by atoms with van der Waals surface area (Å²) in [4.78, 5) is 33.5.